The van der Waals surface area contributed by atoms with Crippen LogP contribution in [-0.4, -0.2) is 33.6 Å². The summed E-state index contributed by atoms with van der Waals surface area (Å²) in [4.78, 5) is 23.8. The van der Waals surface area contributed by atoms with E-state index >= 15 is 0 Å². The van der Waals surface area contributed by atoms with Crippen LogP contribution in [0.15, 0.2) is 22.9 Å². The van der Waals surface area contributed by atoms with E-state index in [1.165, 1.54) is 29.8 Å². The maximum atomic E-state index is 12.1. The van der Waals surface area contributed by atoms with E-state index in [1.807, 2.05) is 5.38 Å². The van der Waals surface area contributed by atoms with E-state index in [-0.39, 0.29) is 4.57 Å². The molecule has 0 spiro atoms. The molecular formula is C11H8AsClO4S2. The van der Waals surface area contributed by atoms with E-state index in [0.717, 1.165) is 4.35 Å². The van der Waals surface area contributed by atoms with Crippen LogP contribution in [-0.2, 0) is 4.74 Å². The molecule has 100 valence electrons. The second kappa shape index (κ2) is 6.57. The van der Waals surface area contributed by atoms with Crippen LogP contribution in [0, 0.1) is 0 Å². The third kappa shape index (κ3) is 3.83. The fraction of sp³-hybridized carbons (Fsp3) is 0.0909. The number of methoxy groups -OCH3 is 1. The van der Waals surface area contributed by atoms with Crippen molar-refractivity contribution in [3.8, 4) is 5.75 Å². The molecule has 0 radical (unpaired) electrons. The third-order valence-corrected chi connectivity index (χ3v) is 7.23. The van der Waals surface area contributed by atoms with Gasteiger partial charge < -0.3 is 0 Å². The molecule has 0 amide bonds. The Morgan fingerprint density at radius 3 is 2.74 bits per heavy atom. The molecule has 2 aromatic rings. The maximum absolute atomic E-state index is 12.1. The van der Waals surface area contributed by atoms with E-state index in [9.17, 15) is 9.59 Å². The summed E-state index contributed by atoms with van der Waals surface area (Å²) >= 11 is 7.37. The average Bonchev–Trinajstić information content (AvgIpc) is 2.99. The zero-order chi connectivity index (χ0) is 13.8. The van der Waals surface area contributed by atoms with Gasteiger partial charge in [0.1, 0.15) is 0 Å². The quantitative estimate of drug-likeness (QED) is 0.606. The molecular weight excluding hydrogens is 371 g/mol. The molecule has 2 rings (SSSR count). The first-order chi connectivity index (χ1) is 9.10. The molecule has 19 heavy (non-hydrogen) atoms. The molecule has 0 fully saturated rings. The molecule has 4 nitrogen and oxygen atoms in total. The van der Waals surface area contributed by atoms with E-state index in [2.05, 4.69) is 4.74 Å². The van der Waals surface area contributed by atoms with Gasteiger partial charge in [-0.1, -0.05) is 0 Å². The van der Waals surface area contributed by atoms with Crippen LogP contribution in [0.4, 0.5) is 4.79 Å². The minimum absolute atomic E-state index is 0.0602. The van der Waals surface area contributed by atoms with Crippen molar-refractivity contribution in [1.82, 2.24) is 0 Å². The number of ether oxygens (including phenoxy) is 2. The van der Waals surface area contributed by atoms with Crippen molar-refractivity contribution in [2.75, 3.05) is 7.11 Å². The fourth-order valence-electron chi connectivity index (χ4n) is 1.21. The summed E-state index contributed by atoms with van der Waals surface area (Å²) in [5, 5.41) is 3.51. The van der Waals surface area contributed by atoms with Gasteiger partial charge in [-0.15, -0.1) is 0 Å². The summed E-state index contributed by atoms with van der Waals surface area (Å²) in [6.07, 6.45) is -0.780. The molecule has 0 saturated heterocycles. The molecule has 0 aromatic carbocycles. The van der Waals surface area contributed by atoms with Gasteiger partial charge in [-0.3, -0.25) is 0 Å². The molecule has 0 aliphatic carbocycles. The van der Waals surface area contributed by atoms with Gasteiger partial charge in [-0.2, -0.15) is 0 Å². The first kappa shape index (κ1) is 14.6. The van der Waals surface area contributed by atoms with Crippen molar-refractivity contribution in [1.29, 1.82) is 0 Å². The van der Waals surface area contributed by atoms with E-state index < -0.39 is 21.9 Å². The van der Waals surface area contributed by atoms with Crippen LogP contribution < -0.4 is 9.09 Å². The first-order valence-electron chi connectivity index (χ1n) is 4.99. The Labute approximate surface area is 129 Å². The summed E-state index contributed by atoms with van der Waals surface area (Å²) in [6, 6.07) is 3.41. The molecule has 0 aliphatic heterocycles. The van der Waals surface area contributed by atoms with Crippen LogP contribution in [0.3, 0.4) is 0 Å². The summed E-state index contributed by atoms with van der Waals surface area (Å²) < 4.78 is 10.8. The van der Waals surface area contributed by atoms with Gasteiger partial charge in [-0.05, 0) is 0 Å². The van der Waals surface area contributed by atoms with Crippen molar-refractivity contribution >= 4 is 65.1 Å². The Balaban J connectivity index is 2.09. The van der Waals surface area contributed by atoms with Crippen LogP contribution in [0.2, 0.25) is 4.34 Å². The van der Waals surface area contributed by atoms with Crippen molar-refractivity contribution < 1.29 is 19.1 Å². The van der Waals surface area contributed by atoms with Crippen LogP contribution in [0.1, 0.15) is 9.67 Å². The number of rotatable bonds is 4. The molecule has 2 heterocycles. The molecule has 1 atom stereocenters. The molecule has 0 N–H and O–H groups in total. The van der Waals surface area contributed by atoms with Crippen molar-refractivity contribution in [3.63, 3.8) is 0 Å². The average molecular weight is 379 g/mol. The predicted octanol–water partition coefficient (Wildman–Crippen LogP) is 2.51. The van der Waals surface area contributed by atoms with Gasteiger partial charge in [0.2, 0.25) is 0 Å². The standard InChI is InChI=1S/C11H8AsClO4S2/c1-16-11(15)17-7-5-18-4-6(7)12-10(14)8-2-3-9(13)19-8/h2-5,12H,1H3. The zero-order valence-corrected chi connectivity index (χ0v) is 14.1. The summed E-state index contributed by atoms with van der Waals surface area (Å²) in [6.45, 7) is 0. The molecule has 0 aliphatic rings. The van der Waals surface area contributed by atoms with Gasteiger partial charge in [0.15, 0.2) is 0 Å². The van der Waals surface area contributed by atoms with Crippen LogP contribution in [0.25, 0.3) is 0 Å². The van der Waals surface area contributed by atoms with E-state index in [1.54, 1.807) is 17.5 Å². The van der Waals surface area contributed by atoms with Gasteiger partial charge in [0, 0.05) is 0 Å². The Morgan fingerprint density at radius 1 is 1.32 bits per heavy atom. The number of carbonyl (C=O) groups is 2. The topological polar surface area (TPSA) is 52.6 Å². The number of thiophene rings is 2. The number of hydrogen-bond acceptors (Lipinski definition) is 6. The summed E-state index contributed by atoms with van der Waals surface area (Å²) in [5.41, 5.74) is 0. The van der Waals surface area contributed by atoms with Crippen LogP contribution >= 0.6 is 34.3 Å². The number of hydrogen-bond donors (Lipinski definition) is 0. The third-order valence-electron chi connectivity index (χ3n) is 2.03. The molecule has 1 unspecified atom stereocenters. The summed E-state index contributed by atoms with van der Waals surface area (Å²) in [7, 11) is 1.24. The first-order valence-corrected chi connectivity index (χ1v) is 9.22. The van der Waals surface area contributed by atoms with Crippen molar-refractivity contribution in [3.05, 3.63) is 32.1 Å². The second-order valence-electron chi connectivity index (χ2n) is 3.26. The van der Waals surface area contributed by atoms with E-state index in [4.69, 9.17) is 16.3 Å². The van der Waals surface area contributed by atoms with E-state index in [0.29, 0.717) is 15.0 Å². The van der Waals surface area contributed by atoms with Crippen LogP contribution in [0.5, 0.6) is 5.75 Å². The van der Waals surface area contributed by atoms with Gasteiger partial charge in [0.05, 0.1) is 0 Å². The Kier molecular flexibility index (Phi) is 5.05. The van der Waals surface area contributed by atoms with Gasteiger partial charge in [-0.25, -0.2) is 0 Å². The fourth-order valence-corrected chi connectivity index (χ4v) is 5.84. The Hall–Kier alpha value is -0.812. The molecule has 2 aromatic heterocycles. The molecule has 0 saturated carbocycles. The summed E-state index contributed by atoms with van der Waals surface area (Å²) in [5.74, 6) is 0.410. The normalized spacial score (nSPS) is 10.8. The Morgan fingerprint density at radius 2 is 2.11 bits per heavy atom. The molecule has 0 bridgehead atoms. The number of halogens is 1. The predicted molar refractivity (Wildman–Crippen MR) is 77.8 cm³/mol. The minimum atomic E-state index is -1.08. The SMILES string of the molecule is COC(=O)Oc1cscc1[AsH]C(=O)c1ccc(Cl)s1. The Bertz CT molecular complexity index is 607. The molecule has 8 heteroatoms. The number of carbonyl (C=O) groups excluding carboxylic acids is 2. The van der Waals surface area contributed by atoms with Gasteiger partial charge >= 0.3 is 129 Å². The van der Waals surface area contributed by atoms with Crippen molar-refractivity contribution in [2.24, 2.45) is 0 Å². The monoisotopic (exact) mass is 378 g/mol. The van der Waals surface area contributed by atoms with Crippen molar-refractivity contribution in [2.45, 2.75) is 0 Å². The zero-order valence-electron chi connectivity index (χ0n) is 9.64. The second-order valence-corrected chi connectivity index (χ2v) is 8.33. The van der Waals surface area contributed by atoms with Gasteiger partial charge in [0.25, 0.3) is 0 Å².